The molecule has 0 bridgehead atoms. The van der Waals surface area contributed by atoms with Crippen LogP contribution in [0.2, 0.25) is 0 Å². The van der Waals surface area contributed by atoms with Crippen LogP contribution in [0.3, 0.4) is 0 Å². The van der Waals surface area contributed by atoms with E-state index in [2.05, 4.69) is 5.16 Å². The summed E-state index contributed by atoms with van der Waals surface area (Å²) in [6.07, 6.45) is -2.09. The van der Waals surface area contributed by atoms with Crippen molar-refractivity contribution in [3.63, 3.8) is 0 Å². The molecule has 1 aromatic heterocycles. The van der Waals surface area contributed by atoms with Gasteiger partial charge in [0.05, 0.1) is 13.6 Å². The molecule has 0 saturated heterocycles. The molecule has 1 N–H and O–H groups in total. The highest BCUT2D eigenvalue weighted by Crippen LogP contribution is 2.48. The quantitative estimate of drug-likeness (QED) is 0.225. The molecule has 7 nitrogen and oxygen atoms in total. The number of aryl methyl sites for hydroxylation is 1. The summed E-state index contributed by atoms with van der Waals surface area (Å²) in [7, 11) is 0. The predicted molar refractivity (Wildman–Crippen MR) is 135 cm³/mol. The number of rotatable bonds is 9. The Morgan fingerprint density at radius 2 is 1.75 bits per heavy atom. The average Bonchev–Trinajstić information content (AvgIpc) is 3.74. The summed E-state index contributed by atoms with van der Waals surface area (Å²) in [5.74, 6) is -0.881. The lowest BCUT2D eigenvalue weighted by atomic mass is 9.93. The minimum atomic E-state index is -3.45. The lowest BCUT2D eigenvalue weighted by Gasteiger charge is -2.22. The molecule has 1 aliphatic rings. The minimum absolute atomic E-state index is 0.0346. The van der Waals surface area contributed by atoms with Gasteiger partial charge in [0.25, 0.3) is 0 Å². The lowest BCUT2D eigenvalue weighted by molar-refractivity contribution is -0.140. The first kappa shape index (κ1) is 15.0. The van der Waals surface area contributed by atoms with E-state index in [-0.39, 0.29) is 23.6 Å². The molecule has 0 aliphatic heterocycles. The summed E-state index contributed by atoms with van der Waals surface area (Å²) >= 11 is 0. The van der Waals surface area contributed by atoms with Gasteiger partial charge in [-0.15, -0.1) is 0 Å². The second kappa shape index (κ2) is 9.43. The number of carbonyl (C=O) groups excluding carboxylic acids is 1. The third kappa shape index (κ3) is 4.29. The zero-order valence-corrected chi connectivity index (χ0v) is 19.1. The Labute approximate surface area is 221 Å². The largest absolute Gasteiger partial charge is 0.481 e. The normalized spacial score (nSPS) is 19.5. The Hall–Kier alpha value is -4.23. The first-order valence-electron chi connectivity index (χ1n) is 15.5. The molecule has 1 fully saturated rings. The molecule has 1 amide bonds. The number of amides is 1. The maximum Gasteiger partial charge on any atom is 0.314 e. The minimum Gasteiger partial charge on any atom is -0.481 e. The molecular weight excluding hydrogens is 456 g/mol. The number of carbonyl (C=O) groups is 2. The highest BCUT2D eigenvalue weighted by atomic mass is 16.7. The maximum atomic E-state index is 12.3. The Kier molecular flexibility index (Phi) is 3.93. The zero-order valence-electron chi connectivity index (χ0n) is 28.1. The van der Waals surface area contributed by atoms with Crippen molar-refractivity contribution >= 4 is 18.1 Å². The van der Waals surface area contributed by atoms with E-state index < -0.39 is 60.1 Å². The van der Waals surface area contributed by atoms with Crippen LogP contribution in [0.1, 0.15) is 54.9 Å². The molecule has 1 atom stereocenters. The molecule has 1 unspecified atom stereocenters. The van der Waals surface area contributed by atoms with Crippen LogP contribution in [-0.2, 0) is 19.8 Å². The van der Waals surface area contributed by atoms with Crippen molar-refractivity contribution in [1.82, 2.24) is 5.16 Å². The summed E-state index contributed by atoms with van der Waals surface area (Å²) in [4.78, 5) is 29.4. The van der Waals surface area contributed by atoms with E-state index in [1.165, 1.54) is 6.92 Å². The molecule has 1 heterocycles. The van der Waals surface area contributed by atoms with Crippen LogP contribution in [0, 0.1) is 6.92 Å². The van der Waals surface area contributed by atoms with Gasteiger partial charge >= 0.3 is 5.97 Å². The van der Waals surface area contributed by atoms with Crippen molar-refractivity contribution < 1.29 is 36.4 Å². The van der Waals surface area contributed by atoms with Crippen LogP contribution < -0.4 is 5.06 Å². The third-order valence-corrected chi connectivity index (χ3v) is 6.14. The Bertz CT molecular complexity index is 1770. The van der Waals surface area contributed by atoms with Crippen LogP contribution in [0.5, 0.6) is 0 Å². The van der Waals surface area contributed by atoms with Crippen LogP contribution in [-0.4, -0.2) is 22.6 Å². The summed E-state index contributed by atoms with van der Waals surface area (Å²) < 4.78 is 78.5. The first-order chi connectivity index (χ1) is 21.1. The molecule has 0 radical (unpaired) electrons. The summed E-state index contributed by atoms with van der Waals surface area (Å²) in [6, 6.07) is 9.49. The lowest BCUT2D eigenvalue weighted by Crippen LogP contribution is -2.24. The van der Waals surface area contributed by atoms with Gasteiger partial charge in [0.15, 0.2) is 5.76 Å². The molecule has 182 valence electrons. The molecule has 1 saturated carbocycles. The molecule has 7 heteroatoms. The molecule has 36 heavy (non-hydrogen) atoms. The predicted octanol–water partition coefficient (Wildman–Crippen LogP) is 6.09. The standard InChI is InChI=1S/C29H26N2O5/c1-19-26(31(18-32)36-20(2)21-6-4-3-5-7-21)27(35-30-19)24-10-8-22(9-11-24)23-12-14-25(15-13-23)29(16-17-29)28(33)34/h3-15,18,20H,16-17H2,1-2H3,(H,33,34)/i2D3,3D,4D,5D,6D,7D,20D. The average molecular weight is 492 g/mol. The van der Waals surface area contributed by atoms with E-state index in [1.54, 1.807) is 36.4 Å². The summed E-state index contributed by atoms with van der Waals surface area (Å²) in [6.45, 7) is -2.01. The van der Waals surface area contributed by atoms with Gasteiger partial charge in [-0.2, -0.15) is 5.06 Å². The zero-order chi connectivity index (χ0) is 33.1. The van der Waals surface area contributed by atoms with E-state index in [0.717, 1.165) is 16.7 Å². The Morgan fingerprint density at radius 1 is 1.14 bits per heavy atom. The fourth-order valence-corrected chi connectivity index (χ4v) is 3.99. The number of benzene rings is 3. The van der Waals surface area contributed by atoms with Crippen molar-refractivity contribution in [2.75, 3.05) is 5.06 Å². The SMILES string of the molecule is [2H]c1c([2H])c([2H])c(C([2H])(ON(C=O)c2c(C)noc2-c2ccc(-c3ccc(C4(C(=O)O)CC4)cc3)cc2)C([2H])([2H])[2H])c([2H])c1[2H]. The van der Waals surface area contributed by atoms with Crippen molar-refractivity contribution in [1.29, 1.82) is 0 Å². The van der Waals surface area contributed by atoms with Crippen LogP contribution in [0.4, 0.5) is 5.69 Å². The van der Waals surface area contributed by atoms with Gasteiger partial charge in [-0.1, -0.05) is 83.9 Å². The van der Waals surface area contributed by atoms with E-state index in [0.29, 0.717) is 23.5 Å². The van der Waals surface area contributed by atoms with Crippen molar-refractivity contribution in [2.24, 2.45) is 0 Å². The van der Waals surface area contributed by atoms with Gasteiger partial charge in [0.1, 0.15) is 17.5 Å². The molecular formula is C29H26N2O5. The van der Waals surface area contributed by atoms with Gasteiger partial charge in [-0.25, -0.2) is 0 Å². The van der Waals surface area contributed by atoms with Crippen molar-refractivity contribution in [3.8, 4) is 22.5 Å². The number of aromatic nitrogens is 1. The fraction of sp³-hybridized carbons (Fsp3) is 0.207. The number of carboxylic acid groups (broad SMARTS) is 1. The summed E-state index contributed by atoms with van der Waals surface area (Å²) in [5.41, 5.74) is 0.802. The number of aliphatic carboxylic acids is 1. The van der Waals surface area contributed by atoms with Gasteiger partial charge in [-0.05, 0) is 48.9 Å². The smallest absolute Gasteiger partial charge is 0.314 e. The van der Waals surface area contributed by atoms with Crippen LogP contribution in [0.15, 0.2) is 83.3 Å². The van der Waals surface area contributed by atoms with Gasteiger partial charge < -0.3 is 9.63 Å². The monoisotopic (exact) mass is 491 g/mol. The second-order valence-electron chi connectivity index (χ2n) is 8.34. The van der Waals surface area contributed by atoms with Gasteiger partial charge in [0.2, 0.25) is 6.41 Å². The Morgan fingerprint density at radius 3 is 2.31 bits per heavy atom. The number of anilines is 1. The molecule has 4 aromatic rings. The van der Waals surface area contributed by atoms with E-state index >= 15 is 0 Å². The third-order valence-electron chi connectivity index (χ3n) is 6.14. The van der Waals surface area contributed by atoms with E-state index in [4.69, 9.17) is 21.7 Å². The number of hydroxylamine groups is 1. The van der Waals surface area contributed by atoms with Crippen molar-refractivity contribution in [3.05, 3.63) is 95.6 Å². The molecule has 1 aliphatic carbocycles. The summed E-state index contributed by atoms with van der Waals surface area (Å²) in [5, 5.41) is 13.8. The number of nitrogens with zero attached hydrogens (tertiary/aromatic N) is 2. The van der Waals surface area contributed by atoms with Crippen LogP contribution >= 0.6 is 0 Å². The highest BCUT2D eigenvalue weighted by molar-refractivity contribution is 5.86. The van der Waals surface area contributed by atoms with E-state index in [9.17, 15) is 14.7 Å². The second-order valence-corrected chi connectivity index (χ2v) is 8.34. The van der Waals surface area contributed by atoms with Crippen molar-refractivity contribution in [2.45, 2.75) is 38.1 Å². The highest BCUT2D eigenvalue weighted by Gasteiger charge is 2.51. The molecule has 0 spiro atoms. The molecule has 5 rings (SSSR count). The Balaban J connectivity index is 1.50. The maximum absolute atomic E-state index is 12.3. The molecule has 3 aromatic carbocycles. The van der Waals surface area contributed by atoms with E-state index in [1.807, 2.05) is 12.1 Å². The number of hydrogen-bond donors (Lipinski definition) is 1. The van der Waals surface area contributed by atoms with Gasteiger partial charge in [0, 0.05) is 9.68 Å². The number of carboxylic acids is 1. The van der Waals surface area contributed by atoms with Gasteiger partial charge in [-0.3, -0.25) is 14.4 Å². The number of hydrogen-bond acceptors (Lipinski definition) is 5. The van der Waals surface area contributed by atoms with Crippen LogP contribution in [0.25, 0.3) is 22.5 Å². The fourth-order valence-electron chi connectivity index (χ4n) is 3.99. The first-order valence-corrected chi connectivity index (χ1v) is 11.0. The topological polar surface area (TPSA) is 92.9 Å².